The van der Waals surface area contributed by atoms with Crippen LogP contribution in [0.3, 0.4) is 0 Å². The van der Waals surface area contributed by atoms with Gasteiger partial charge in [0.05, 0.1) is 12.7 Å². The zero-order chi connectivity index (χ0) is 13.5. The van der Waals surface area contributed by atoms with Gasteiger partial charge in [0.25, 0.3) is 0 Å². The van der Waals surface area contributed by atoms with Crippen LogP contribution in [0.15, 0.2) is 0 Å². The first kappa shape index (κ1) is 19.9. The fourth-order valence-corrected chi connectivity index (χ4v) is 1.61. The Labute approximate surface area is 113 Å². The van der Waals surface area contributed by atoms with E-state index in [0.29, 0.717) is 0 Å². The maximum Gasteiger partial charge on any atom is 0.234 e. The Bertz CT molecular complexity index is 138. The third-order valence-electron chi connectivity index (χ3n) is 1.89. The van der Waals surface area contributed by atoms with E-state index in [1.165, 1.54) is 0 Å². The van der Waals surface area contributed by atoms with Crippen LogP contribution in [0.2, 0.25) is 0 Å². The van der Waals surface area contributed by atoms with Gasteiger partial charge in [-0.2, -0.15) is 0 Å². The minimum atomic E-state index is -0.896. The van der Waals surface area contributed by atoms with Crippen LogP contribution < -0.4 is 5.32 Å². The number of hydrogen-bond donors (Lipinski definition) is 3. The van der Waals surface area contributed by atoms with Gasteiger partial charge in [-0.05, 0) is 19.4 Å². The summed E-state index contributed by atoms with van der Waals surface area (Å²) in [6, 6.07) is 0. The number of rotatable bonds is 5. The number of nitrogens with one attached hydrogen (secondary N) is 1. The second kappa shape index (κ2) is 16.6. The largest absolute Gasteiger partial charge is 0.392 e. The molecule has 2 N–H and O–H groups in total. The van der Waals surface area contributed by atoms with Crippen LogP contribution >= 0.6 is 19.8 Å². The Balaban J connectivity index is 0. The van der Waals surface area contributed by atoms with E-state index >= 15 is 0 Å². The molecule has 0 aromatic rings. The molecule has 0 aliphatic carbocycles. The summed E-state index contributed by atoms with van der Waals surface area (Å²) in [6.07, 6.45) is 3.11. The third kappa shape index (κ3) is 16.6. The van der Waals surface area contributed by atoms with Crippen molar-refractivity contribution in [2.45, 2.75) is 46.1 Å². The fraction of sp³-hybridized carbons (Fsp3) is 1.00. The highest BCUT2D eigenvalue weighted by atomic mass is 32.7. The lowest BCUT2D eigenvalue weighted by atomic mass is 10.3. The number of aliphatic hydroxyl groups is 1. The lowest BCUT2D eigenvalue weighted by molar-refractivity contribution is 0.196. The Morgan fingerprint density at radius 2 is 2.12 bits per heavy atom. The normalized spacial score (nSPS) is 19.8. The molecule has 1 heterocycles. The topological polar surface area (TPSA) is 50.7 Å². The van der Waals surface area contributed by atoms with E-state index in [1.807, 2.05) is 13.8 Å². The summed E-state index contributed by atoms with van der Waals surface area (Å²) in [5.74, 6) is 0. The van der Waals surface area contributed by atoms with Crippen molar-refractivity contribution in [1.29, 1.82) is 0 Å². The van der Waals surface area contributed by atoms with Crippen molar-refractivity contribution in [3.8, 4) is 0 Å². The summed E-state index contributed by atoms with van der Waals surface area (Å²) in [7, 11) is 0.706. The first-order valence-electron chi connectivity index (χ1n) is 6.25. The van der Waals surface area contributed by atoms with Gasteiger partial charge < -0.3 is 19.5 Å². The molecule has 1 aliphatic heterocycles. The molecule has 1 rings (SSSR count). The molecule has 1 saturated heterocycles. The van der Waals surface area contributed by atoms with E-state index in [4.69, 9.17) is 14.2 Å². The molecule has 0 saturated carbocycles. The monoisotopic (exact) mass is 285 g/mol. The number of thiol groups is 1. The lowest BCUT2D eigenvalue weighted by Gasteiger charge is -2.06. The molecule has 17 heavy (non-hydrogen) atoms. The molecular weight excluding hydrogens is 257 g/mol. The van der Waals surface area contributed by atoms with E-state index in [1.54, 1.807) is 7.11 Å². The number of aliphatic hydroxyl groups excluding tert-OH is 1. The first-order chi connectivity index (χ1) is 8.20. The standard InChI is InChI=1S/C5H13O2PS.C4H9NO.C2H6/c1-3-4-5-7-8(9)6-2;6-4-1-2-5-3-4;1-2/h9H,3-5H2,1-2H3;4-6H,1-3H2;1-2H3. The van der Waals surface area contributed by atoms with E-state index in [9.17, 15) is 0 Å². The molecule has 1 aliphatic rings. The van der Waals surface area contributed by atoms with Crippen LogP contribution in [-0.2, 0) is 9.05 Å². The Morgan fingerprint density at radius 3 is 2.41 bits per heavy atom. The predicted octanol–water partition coefficient (Wildman–Crippen LogP) is 2.97. The van der Waals surface area contributed by atoms with Crippen molar-refractivity contribution in [2.75, 3.05) is 26.8 Å². The molecule has 106 valence electrons. The van der Waals surface area contributed by atoms with Crippen LogP contribution in [0.5, 0.6) is 0 Å². The molecule has 1 fully saturated rings. The average Bonchev–Trinajstić information content (AvgIpc) is 2.84. The zero-order valence-corrected chi connectivity index (χ0v) is 13.3. The Kier molecular flexibility index (Phi) is 19.5. The van der Waals surface area contributed by atoms with E-state index in [0.717, 1.165) is 39.0 Å². The SMILES string of the molecule is CC.CCCCOP(S)OC.OC1CCNC1. The number of hydrogen-bond acceptors (Lipinski definition) is 5. The molecule has 0 aromatic carbocycles. The summed E-state index contributed by atoms with van der Waals surface area (Å²) in [5.41, 5.74) is 0. The Hall–Kier alpha value is 0.620. The highest BCUT2D eigenvalue weighted by molar-refractivity contribution is 8.41. The van der Waals surface area contributed by atoms with Crippen molar-refractivity contribution >= 4 is 19.8 Å². The van der Waals surface area contributed by atoms with Gasteiger partial charge in [-0.25, -0.2) is 0 Å². The molecule has 0 bridgehead atoms. The molecular formula is C11H28NO3PS. The van der Waals surface area contributed by atoms with Crippen molar-refractivity contribution in [1.82, 2.24) is 5.32 Å². The van der Waals surface area contributed by atoms with Gasteiger partial charge in [-0.3, -0.25) is 0 Å². The van der Waals surface area contributed by atoms with Gasteiger partial charge in [0.15, 0.2) is 0 Å². The van der Waals surface area contributed by atoms with Crippen molar-refractivity contribution in [2.24, 2.45) is 0 Å². The average molecular weight is 285 g/mol. The minimum Gasteiger partial charge on any atom is -0.392 e. The van der Waals surface area contributed by atoms with Crippen molar-refractivity contribution < 1.29 is 14.2 Å². The predicted molar refractivity (Wildman–Crippen MR) is 78.6 cm³/mol. The van der Waals surface area contributed by atoms with Gasteiger partial charge in [-0.15, -0.1) is 0 Å². The van der Waals surface area contributed by atoms with Crippen molar-refractivity contribution in [3.63, 3.8) is 0 Å². The number of β-amino-alcohol motifs (C(OH)–C–C–N with tert-alkyl or cyclic N) is 1. The molecule has 4 nitrogen and oxygen atoms in total. The van der Waals surface area contributed by atoms with Crippen LogP contribution in [0.1, 0.15) is 40.0 Å². The fourth-order valence-electron chi connectivity index (χ4n) is 0.979. The van der Waals surface area contributed by atoms with Gasteiger partial charge in [0.2, 0.25) is 7.58 Å². The molecule has 2 unspecified atom stereocenters. The smallest absolute Gasteiger partial charge is 0.234 e. The van der Waals surface area contributed by atoms with Crippen LogP contribution in [-0.4, -0.2) is 38.0 Å². The highest BCUT2D eigenvalue weighted by Crippen LogP contribution is 2.41. The second-order valence-corrected chi connectivity index (χ2v) is 5.33. The maximum absolute atomic E-state index is 8.67. The zero-order valence-electron chi connectivity index (χ0n) is 11.5. The maximum atomic E-state index is 8.67. The molecule has 6 heteroatoms. The van der Waals surface area contributed by atoms with Crippen LogP contribution in [0, 0.1) is 0 Å². The quantitative estimate of drug-likeness (QED) is 0.413. The summed E-state index contributed by atoms with van der Waals surface area (Å²) < 4.78 is 9.94. The van der Waals surface area contributed by atoms with Crippen LogP contribution in [0.4, 0.5) is 0 Å². The molecule has 0 radical (unpaired) electrons. The van der Waals surface area contributed by atoms with Gasteiger partial charge in [0, 0.05) is 13.7 Å². The summed E-state index contributed by atoms with van der Waals surface area (Å²) in [5, 5.41) is 11.7. The summed E-state index contributed by atoms with van der Waals surface area (Å²) in [4.78, 5) is 0. The number of unbranched alkanes of at least 4 members (excludes halogenated alkanes) is 1. The van der Waals surface area contributed by atoms with E-state index in [2.05, 4.69) is 24.5 Å². The summed E-state index contributed by atoms with van der Waals surface area (Å²) >= 11 is 4.02. The molecule has 2 atom stereocenters. The van der Waals surface area contributed by atoms with Gasteiger partial charge >= 0.3 is 0 Å². The minimum absolute atomic E-state index is 0.0648. The van der Waals surface area contributed by atoms with Gasteiger partial charge in [-0.1, -0.05) is 39.4 Å². The summed E-state index contributed by atoms with van der Waals surface area (Å²) in [6.45, 7) is 8.66. The van der Waals surface area contributed by atoms with E-state index in [-0.39, 0.29) is 6.10 Å². The third-order valence-corrected chi connectivity index (χ3v) is 3.44. The molecule has 0 aromatic heterocycles. The molecule has 0 amide bonds. The Morgan fingerprint density at radius 1 is 1.47 bits per heavy atom. The highest BCUT2D eigenvalue weighted by Gasteiger charge is 2.08. The van der Waals surface area contributed by atoms with Crippen molar-refractivity contribution in [3.05, 3.63) is 0 Å². The molecule has 0 spiro atoms. The van der Waals surface area contributed by atoms with Crippen LogP contribution in [0.25, 0.3) is 0 Å². The van der Waals surface area contributed by atoms with Gasteiger partial charge in [0.1, 0.15) is 0 Å². The lowest BCUT2D eigenvalue weighted by Crippen LogP contribution is -2.11. The second-order valence-electron chi connectivity index (χ2n) is 3.25. The first-order valence-corrected chi connectivity index (χ1v) is 8.58. The van der Waals surface area contributed by atoms with E-state index < -0.39 is 7.58 Å².